The molecule has 1 atom stereocenters. The largest absolute Gasteiger partial charge is 0.489 e. The number of aromatic amines is 1. The second-order valence-corrected chi connectivity index (χ2v) is 9.34. The maximum absolute atomic E-state index is 12.4. The van der Waals surface area contributed by atoms with Crippen LogP contribution in [0.4, 0.5) is 11.5 Å². The Kier molecular flexibility index (Phi) is 6.97. The second-order valence-electron chi connectivity index (χ2n) is 9.34. The van der Waals surface area contributed by atoms with E-state index in [1.165, 1.54) is 19.3 Å². The summed E-state index contributed by atoms with van der Waals surface area (Å²) in [5, 5.41) is 15.6. The van der Waals surface area contributed by atoms with Crippen LogP contribution in [-0.4, -0.2) is 34.0 Å². The van der Waals surface area contributed by atoms with Crippen LogP contribution >= 0.6 is 0 Å². The lowest BCUT2D eigenvalue weighted by molar-refractivity contribution is -0.133. The Bertz CT molecular complexity index is 1230. The molecular weight excluding hydrogens is 458 g/mol. The van der Waals surface area contributed by atoms with Crippen molar-refractivity contribution in [3.63, 3.8) is 0 Å². The molecule has 3 aromatic rings. The van der Waals surface area contributed by atoms with Crippen LogP contribution in [0, 0.1) is 0 Å². The average Bonchev–Trinajstić information content (AvgIpc) is 3.27. The van der Waals surface area contributed by atoms with Crippen molar-refractivity contribution in [1.29, 1.82) is 0 Å². The lowest BCUT2D eigenvalue weighted by Gasteiger charge is -2.23. The number of hydrogen-bond acceptors (Lipinski definition) is 6. The lowest BCUT2D eigenvalue weighted by Crippen LogP contribution is -2.47. The van der Waals surface area contributed by atoms with Crippen LogP contribution in [0.1, 0.15) is 54.8 Å². The number of aromatic nitrogens is 2. The van der Waals surface area contributed by atoms with E-state index in [2.05, 4.69) is 26.1 Å². The molecule has 2 heterocycles. The number of rotatable bonds is 9. The molecule has 1 unspecified atom stereocenters. The third kappa shape index (κ3) is 5.91. The number of benzene rings is 2. The van der Waals surface area contributed by atoms with Crippen molar-refractivity contribution in [2.45, 2.75) is 57.1 Å². The van der Waals surface area contributed by atoms with E-state index in [1.807, 2.05) is 54.6 Å². The Labute approximate surface area is 209 Å². The third-order valence-electron chi connectivity index (χ3n) is 6.64. The molecule has 9 nitrogen and oxygen atoms in total. The van der Waals surface area contributed by atoms with Crippen molar-refractivity contribution in [2.24, 2.45) is 0 Å². The fraction of sp³-hybridized carbons (Fsp3) is 0.333. The summed E-state index contributed by atoms with van der Waals surface area (Å²) >= 11 is 0. The number of nitrogens with zero attached hydrogens (tertiary/aromatic N) is 1. The molecule has 186 valence electrons. The highest BCUT2D eigenvalue weighted by molar-refractivity contribution is 6.01. The van der Waals surface area contributed by atoms with Crippen LogP contribution in [0.2, 0.25) is 0 Å². The molecule has 9 heteroatoms. The SMILES string of the molecule is O=C1CCC(Nc2ccc(COc3ccc(CC(=O)Nc4cc(C5CCC5)[nH]n4)cc3)cc2)C(=O)N1. The Hall–Kier alpha value is -4.14. The Morgan fingerprint density at radius 1 is 1.00 bits per heavy atom. The number of H-pyrrole nitrogens is 1. The van der Waals surface area contributed by atoms with Gasteiger partial charge in [-0.15, -0.1) is 0 Å². The van der Waals surface area contributed by atoms with Crippen molar-refractivity contribution in [3.8, 4) is 5.75 Å². The summed E-state index contributed by atoms with van der Waals surface area (Å²) < 4.78 is 5.87. The predicted octanol–water partition coefficient (Wildman–Crippen LogP) is 3.65. The summed E-state index contributed by atoms with van der Waals surface area (Å²) in [4.78, 5) is 35.6. The van der Waals surface area contributed by atoms with Crippen molar-refractivity contribution < 1.29 is 19.1 Å². The fourth-order valence-electron chi connectivity index (χ4n) is 4.30. The van der Waals surface area contributed by atoms with Crippen molar-refractivity contribution >= 4 is 29.2 Å². The summed E-state index contributed by atoms with van der Waals surface area (Å²) in [5.41, 5.74) is 3.77. The van der Waals surface area contributed by atoms with Crippen LogP contribution < -0.4 is 20.7 Å². The Balaban J connectivity index is 1.06. The van der Waals surface area contributed by atoms with Crippen LogP contribution in [0.5, 0.6) is 5.75 Å². The van der Waals surface area contributed by atoms with Crippen LogP contribution in [-0.2, 0) is 27.4 Å². The van der Waals surface area contributed by atoms with Gasteiger partial charge in [0.15, 0.2) is 5.82 Å². The number of imide groups is 1. The van der Waals surface area contributed by atoms with Gasteiger partial charge in [-0.1, -0.05) is 30.7 Å². The average molecular weight is 488 g/mol. The number of carbonyl (C=O) groups is 3. The lowest BCUT2D eigenvalue weighted by atomic mass is 9.83. The third-order valence-corrected chi connectivity index (χ3v) is 6.64. The van der Waals surface area contributed by atoms with Crippen LogP contribution in [0.25, 0.3) is 0 Å². The highest BCUT2D eigenvalue weighted by atomic mass is 16.5. The molecule has 1 saturated carbocycles. The first kappa shape index (κ1) is 23.6. The predicted molar refractivity (Wildman–Crippen MR) is 135 cm³/mol. The molecule has 4 N–H and O–H groups in total. The molecule has 3 amide bonds. The van der Waals surface area contributed by atoms with Gasteiger partial charge in [0, 0.05) is 29.8 Å². The maximum Gasteiger partial charge on any atom is 0.249 e. The zero-order chi connectivity index (χ0) is 24.9. The van der Waals surface area contributed by atoms with Gasteiger partial charge in [-0.05, 0) is 54.7 Å². The van der Waals surface area contributed by atoms with Gasteiger partial charge in [0.25, 0.3) is 0 Å². The normalized spacial score (nSPS) is 17.7. The molecule has 2 fully saturated rings. The van der Waals surface area contributed by atoms with Crippen LogP contribution in [0.3, 0.4) is 0 Å². The van der Waals surface area contributed by atoms with E-state index < -0.39 is 6.04 Å². The highest BCUT2D eigenvalue weighted by Crippen LogP contribution is 2.35. The van der Waals surface area contributed by atoms with E-state index in [1.54, 1.807) is 0 Å². The van der Waals surface area contributed by atoms with Crippen molar-refractivity contribution in [1.82, 2.24) is 15.5 Å². The molecule has 1 aliphatic heterocycles. The molecule has 1 aromatic heterocycles. The number of nitrogens with one attached hydrogen (secondary N) is 4. The van der Waals surface area contributed by atoms with E-state index in [4.69, 9.17) is 4.74 Å². The van der Waals surface area contributed by atoms with E-state index >= 15 is 0 Å². The van der Waals surface area contributed by atoms with Gasteiger partial charge in [-0.2, -0.15) is 5.10 Å². The zero-order valence-corrected chi connectivity index (χ0v) is 19.9. The monoisotopic (exact) mass is 487 g/mol. The topological polar surface area (TPSA) is 125 Å². The first-order chi connectivity index (χ1) is 17.5. The second kappa shape index (κ2) is 10.6. The maximum atomic E-state index is 12.4. The smallest absolute Gasteiger partial charge is 0.249 e. The molecule has 36 heavy (non-hydrogen) atoms. The summed E-state index contributed by atoms with van der Waals surface area (Å²) in [6.45, 7) is 0.390. The molecule has 5 rings (SSSR count). The van der Waals surface area contributed by atoms with E-state index in [0.717, 1.165) is 22.5 Å². The molecule has 2 aromatic carbocycles. The molecule has 0 spiro atoms. The molecule has 0 radical (unpaired) electrons. The number of piperidine rings is 1. The molecule has 0 bridgehead atoms. The highest BCUT2D eigenvalue weighted by Gasteiger charge is 2.26. The van der Waals surface area contributed by atoms with Gasteiger partial charge >= 0.3 is 0 Å². The minimum atomic E-state index is -0.408. The number of carbonyl (C=O) groups excluding carboxylic acids is 3. The van der Waals surface area contributed by atoms with E-state index in [9.17, 15) is 14.4 Å². The summed E-state index contributed by atoms with van der Waals surface area (Å²) in [6.07, 6.45) is 4.69. The van der Waals surface area contributed by atoms with Gasteiger partial charge in [0.2, 0.25) is 17.7 Å². The van der Waals surface area contributed by atoms with Crippen molar-refractivity contribution in [2.75, 3.05) is 10.6 Å². The fourth-order valence-corrected chi connectivity index (χ4v) is 4.30. The Morgan fingerprint density at radius 2 is 1.75 bits per heavy atom. The van der Waals surface area contributed by atoms with Gasteiger partial charge in [-0.3, -0.25) is 24.8 Å². The minimum absolute atomic E-state index is 0.110. The first-order valence-electron chi connectivity index (χ1n) is 12.3. The van der Waals surface area contributed by atoms with Gasteiger partial charge in [-0.25, -0.2) is 0 Å². The van der Waals surface area contributed by atoms with Crippen molar-refractivity contribution in [3.05, 3.63) is 71.4 Å². The standard InChI is InChI=1S/C27H29N5O4/c33-25-13-12-22(27(35)30-25)28-20-8-4-18(5-9-20)16-36-21-10-6-17(7-11-21)14-26(34)29-24-15-23(31-32-24)19-2-1-3-19/h4-11,15,19,22,28H,1-3,12-14,16H2,(H,30,33,35)(H2,29,31,32,34). The van der Waals surface area contributed by atoms with Gasteiger partial charge < -0.3 is 15.4 Å². The summed E-state index contributed by atoms with van der Waals surface area (Å²) in [6, 6.07) is 16.6. The quantitative estimate of drug-likeness (QED) is 0.342. The minimum Gasteiger partial charge on any atom is -0.489 e. The van der Waals surface area contributed by atoms with Gasteiger partial charge in [0.05, 0.1) is 6.42 Å². The van der Waals surface area contributed by atoms with Crippen LogP contribution in [0.15, 0.2) is 54.6 Å². The summed E-state index contributed by atoms with van der Waals surface area (Å²) in [7, 11) is 0. The molecule has 2 aliphatic rings. The summed E-state index contributed by atoms with van der Waals surface area (Å²) in [5.74, 6) is 1.19. The van der Waals surface area contributed by atoms with E-state index in [-0.39, 0.29) is 24.1 Å². The first-order valence-corrected chi connectivity index (χ1v) is 12.3. The number of amides is 3. The zero-order valence-electron chi connectivity index (χ0n) is 19.9. The molecular formula is C27H29N5O4. The molecule has 1 aliphatic carbocycles. The number of ether oxygens (including phenoxy) is 1. The van der Waals surface area contributed by atoms with E-state index in [0.29, 0.717) is 36.9 Å². The van der Waals surface area contributed by atoms with Gasteiger partial charge in [0.1, 0.15) is 18.4 Å². The Morgan fingerprint density at radius 3 is 2.44 bits per heavy atom. The number of anilines is 2. The number of hydrogen-bond donors (Lipinski definition) is 4. The molecule has 1 saturated heterocycles.